The zero-order valence-corrected chi connectivity index (χ0v) is 11.7. The fourth-order valence-electron chi connectivity index (χ4n) is 1.87. The van der Waals surface area contributed by atoms with Crippen LogP contribution in [0.5, 0.6) is 0 Å². The van der Waals surface area contributed by atoms with Crippen molar-refractivity contribution in [2.24, 2.45) is 0 Å². The van der Waals surface area contributed by atoms with Gasteiger partial charge in [-0.3, -0.25) is 4.98 Å². The maximum absolute atomic E-state index is 4.42. The van der Waals surface area contributed by atoms with Crippen molar-refractivity contribution in [2.45, 2.75) is 13.0 Å². The molecule has 4 nitrogen and oxygen atoms in total. The summed E-state index contributed by atoms with van der Waals surface area (Å²) in [6.45, 7) is 0.805. The molecular weight excluding hydrogens is 236 g/mol. The van der Waals surface area contributed by atoms with Crippen LogP contribution >= 0.6 is 0 Å². The highest BCUT2D eigenvalue weighted by Gasteiger charge is 2.00. The van der Waals surface area contributed by atoms with Crippen molar-refractivity contribution in [1.82, 2.24) is 15.3 Å². The third-order valence-corrected chi connectivity index (χ3v) is 2.92. The summed E-state index contributed by atoms with van der Waals surface area (Å²) in [6.07, 6.45) is 4.73. The smallest absolute Gasteiger partial charge is 0.127 e. The highest BCUT2D eigenvalue weighted by Crippen LogP contribution is 2.12. The molecule has 0 aliphatic heterocycles. The lowest BCUT2D eigenvalue weighted by Gasteiger charge is -2.11. The monoisotopic (exact) mass is 256 g/mol. The molecule has 0 aliphatic carbocycles. The molecule has 4 heteroatoms. The molecule has 0 spiro atoms. The van der Waals surface area contributed by atoms with Gasteiger partial charge in [-0.2, -0.15) is 0 Å². The van der Waals surface area contributed by atoms with Crippen molar-refractivity contribution >= 4 is 5.82 Å². The first-order valence-corrected chi connectivity index (χ1v) is 6.39. The Hall–Kier alpha value is -1.94. The molecule has 2 rings (SSSR count). The summed E-state index contributed by atoms with van der Waals surface area (Å²) < 4.78 is 0. The van der Waals surface area contributed by atoms with Crippen LogP contribution in [0, 0.1) is 0 Å². The average molecular weight is 256 g/mol. The molecule has 2 heterocycles. The molecule has 19 heavy (non-hydrogen) atoms. The molecule has 0 aromatic carbocycles. The van der Waals surface area contributed by atoms with E-state index in [-0.39, 0.29) is 0 Å². The van der Waals surface area contributed by atoms with Gasteiger partial charge in [-0.15, -0.1) is 0 Å². The van der Waals surface area contributed by atoms with E-state index in [1.165, 1.54) is 11.1 Å². The lowest BCUT2D eigenvalue weighted by Crippen LogP contribution is -2.10. The summed E-state index contributed by atoms with van der Waals surface area (Å²) in [7, 11) is 5.91. The maximum atomic E-state index is 4.42. The van der Waals surface area contributed by atoms with E-state index in [1.807, 2.05) is 44.5 Å². The summed E-state index contributed by atoms with van der Waals surface area (Å²) in [4.78, 5) is 10.8. The van der Waals surface area contributed by atoms with Gasteiger partial charge in [-0.25, -0.2) is 4.98 Å². The number of anilines is 1. The number of nitrogens with one attached hydrogen (secondary N) is 1. The molecule has 1 N–H and O–H groups in total. The fourth-order valence-corrected chi connectivity index (χ4v) is 1.87. The van der Waals surface area contributed by atoms with Crippen LogP contribution in [-0.2, 0) is 13.0 Å². The van der Waals surface area contributed by atoms with E-state index in [0.29, 0.717) is 0 Å². The minimum atomic E-state index is 0.805. The summed E-state index contributed by atoms with van der Waals surface area (Å²) >= 11 is 0. The van der Waals surface area contributed by atoms with Crippen molar-refractivity contribution in [3.63, 3.8) is 0 Å². The minimum absolute atomic E-state index is 0.805. The van der Waals surface area contributed by atoms with Crippen LogP contribution in [0.3, 0.4) is 0 Å². The van der Waals surface area contributed by atoms with E-state index in [1.54, 1.807) is 0 Å². The highest BCUT2D eigenvalue weighted by atomic mass is 15.1. The molecule has 2 aromatic rings. The topological polar surface area (TPSA) is 41.0 Å². The Balaban J connectivity index is 2.04. The second-order valence-corrected chi connectivity index (χ2v) is 4.78. The number of pyridine rings is 2. The van der Waals surface area contributed by atoms with Crippen molar-refractivity contribution < 1.29 is 0 Å². The number of nitrogens with zero attached hydrogens (tertiary/aromatic N) is 3. The SMILES string of the molecule is CNCc1ccc(Cc2ccc(N(C)C)nc2)cn1. The highest BCUT2D eigenvalue weighted by molar-refractivity contribution is 5.38. The van der Waals surface area contributed by atoms with Gasteiger partial charge < -0.3 is 10.2 Å². The van der Waals surface area contributed by atoms with Gasteiger partial charge in [0.1, 0.15) is 5.82 Å². The van der Waals surface area contributed by atoms with E-state index < -0.39 is 0 Å². The predicted octanol–water partition coefficient (Wildman–Crippen LogP) is 1.85. The van der Waals surface area contributed by atoms with E-state index in [2.05, 4.69) is 33.5 Å². The van der Waals surface area contributed by atoms with Gasteiger partial charge in [0.15, 0.2) is 0 Å². The minimum Gasteiger partial charge on any atom is -0.363 e. The van der Waals surface area contributed by atoms with E-state index in [0.717, 1.165) is 24.5 Å². The third kappa shape index (κ3) is 3.76. The van der Waals surface area contributed by atoms with Crippen molar-refractivity contribution in [2.75, 3.05) is 26.0 Å². The quantitative estimate of drug-likeness (QED) is 0.886. The largest absolute Gasteiger partial charge is 0.363 e. The Morgan fingerprint density at radius 3 is 2.16 bits per heavy atom. The zero-order valence-electron chi connectivity index (χ0n) is 11.7. The predicted molar refractivity (Wildman–Crippen MR) is 78.4 cm³/mol. The van der Waals surface area contributed by atoms with Crippen molar-refractivity contribution in [3.05, 3.63) is 53.5 Å². The summed E-state index contributed by atoms with van der Waals surface area (Å²) in [6, 6.07) is 8.34. The first kappa shape index (κ1) is 13.5. The van der Waals surface area contributed by atoms with Crippen LogP contribution in [0.25, 0.3) is 0 Å². The second-order valence-electron chi connectivity index (χ2n) is 4.78. The number of hydrogen-bond acceptors (Lipinski definition) is 4. The first-order valence-electron chi connectivity index (χ1n) is 6.39. The molecule has 0 radical (unpaired) electrons. The van der Waals surface area contributed by atoms with Crippen LogP contribution in [0.4, 0.5) is 5.82 Å². The third-order valence-electron chi connectivity index (χ3n) is 2.92. The summed E-state index contributed by atoms with van der Waals surface area (Å²) in [5, 5.41) is 3.09. The molecule has 0 saturated heterocycles. The van der Waals surface area contributed by atoms with Crippen molar-refractivity contribution in [3.8, 4) is 0 Å². The average Bonchev–Trinajstić information content (AvgIpc) is 2.42. The molecule has 0 amide bonds. The van der Waals surface area contributed by atoms with Crippen LogP contribution < -0.4 is 10.2 Å². The van der Waals surface area contributed by atoms with Crippen LogP contribution in [0.1, 0.15) is 16.8 Å². The normalized spacial score (nSPS) is 10.5. The van der Waals surface area contributed by atoms with Crippen molar-refractivity contribution in [1.29, 1.82) is 0 Å². The van der Waals surface area contributed by atoms with E-state index in [4.69, 9.17) is 0 Å². The summed E-state index contributed by atoms with van der Waals surface area (Å²) in [5.41, 5.74) is 3.47. The Morgan fingerprint density at radius 1 is 1.00 bits per heavy atom. The van der Waals surface area contributed by atoms with Crippen LogP contribution in [0.2, 0.25) is 0 Å². The molecule has 100 valence electrons. The van der Waals surface area contributed by atoms with Crippen LogP contribution in [-0.4, -0.2) is 31.1 Å². The first-order chi connectivity index (χ1) is 9.19. The second kappa shape index (κ2) is 6.29. The van der Waals surface area contributed by atoms with E-state index >= 15 is 0 Å². The Kier molecular flexibility index (Phi) is 4.47. The lowest BCUT2D eigenvalue weighted by molar-refractivity contribution is 0.789. The Morgan fingerprint density at radius 2 is 1.68 bits per heavy atom. The summed E-state index contributed by atoms with van der Waals surface area (Å²) in [5.74, 6) is 0.978. The van der Waals surface area contributed by atoms with Gasteiger partial charge in [0.2, 0.25) is 0 Å². The fraction of sp³-hybridized carbons (Fsp3) is 0.333. The lowest BCUT2D eigenvalue weighted by atomic mass is 10.1. The number of aromatic nitrogens is 2. The maximum Gasteiger partial charge on any atom is 0.127 e. The molecule has 0 fully saturated rings. The zero-order chi connectivity index (χ0) is 13.7. The Labute approximate surface area is 114 Å². The molecule has 0 bridgehead atoms. The standard InChI is InChI=1S/C15H20N4/c1-16-11-14-6-4-12(9-17-14)8-13-5-7-15(18-10-13)19(2)3/h4-7,9-10,16H,8,11H2,1-3H3. The molecule has 0 aliphatic rings. The van der Waals surface area contributed by atoms with Gasteiger partial charge >= 0.3 is 0 Å². The van der Waals surface area contributed by atoms with Gasteiger partial charge in [0.25, 0.3) is 0 Å². The van der Waals surface area contributed by atoms with Gasteiger partial charge in [-0.05, 0) is 30.3 Å². The molecule has 0 unspecified atom stereocenters. The molecule has 0 saturated carbocycles. The van der Waals surface area contributed by atoms with Crippen LogP contribution in [0.15, 0.2) is 36.7 Å². The van der Waals surface area contributed by atoms with Gasteiger partial charge in [0.05, 0.1) is 5.69 Å². The molecular formula is C15H20N4. The number of rotatable bonds is 5. The number of hydrogen-bond donors (Lipinski definition) is 1. The Bertz CT molecular complexity index is 503. The van der Waals surface area contributed by atoms with E-state index in [9.17, 15) is 0 Å². The molecule has 2 aromatic heterocycles. The van der Waals surface area contributed by atoms with Gasteiger partial charge in [0, 0.05) is 39.5 Å². The molecule has 0 atom stereocenters. The van der Waals surface area contributed by atoms with Gasteiger partial charge in [-0.1, -0.05) is 12.1 Å².